The largest absolute Gasteiger partial charge is 0.424 e. The van der Waals surface area contributed by atoms with Gasteiger partial charge < -0.3 is 26.6 Å². The Morgan fingerprint density at radius 2 is 0.389 bits per heavy atom. The van der Waals surface area contributed by atoms with Gasteiger partial charge in [0.25, 0.3) is 0 Å². The van der Waals surface area contributed by atoms with Crippen LogP contribution < -0.4 is 0 Å². The molecule has 216 valence electrons. The highest BCUT2D eigenvalue weighted by molar-refractivity contribution is 6.28. The Morgan fingerprint density at radius 1 is 0.222 bits per heavy atom. The maximum Gasteiger partial charge on any atom is 0.161 e. The quantitative estimate of drug-likeness (QED) is 0.389. The highest BCUT2D eigenvalue weighted by Crippen LogP contribution is 2.04. The average molecular weight is 613 g/mol. The van der Waals surface area contributed by atoms with Crippen molar-refractivity contribution in [3.8, 4) is 0 Å². The molecule has 6 aliphatic heterocycles. The van der Waals surface area contributed by atoms with Crippen molar-refractivity contribution in [2.45, 2.75) is 113 Å². The molecule has 0 aromatic heterocycles. The predicted molar refractivity (Wildman–Crippen MR) is 171 cm³/mol. The van der Waals surface area contributed by atoms with E-state index in [2.05, 4.69) is 0 Å². The fourth-order valence-corrected chi connectivity index (χ4v) is 11.1. The first-order chi connectivity index (χ1) is 18.0. The van der Waals surface area contributed by atoms with Crippen molar-refractivity contribution in [3.05, 3.63) is 0 Å². The van der Waals surface area contributed by atoms with Crippen molar-refractivity contribution in [2.24, 2.45) is 0 Å². The summed E-state index contributed by atoms with van der Waals surface area (Å²) in [6.07, 6.45) is 16.5. The van der Waals surface area contributed by atoms with Crippen molar-refractivity contribution < 1.29 is 26.6 Å². The van der Waals surface area contributed by atoms with Gasteiger partial charge in [-0.05, 0) is 74.8 Å². The van der Waals surface area contributed by atoms with Gasteiger partial charge in [-0.3, -0.25) is 0 Å². The molecule has 6 saturated heterocycles. The lowest BCUT2D eigenvalue weighted by atomic mass is 10.4. The molecule has 6 rings (SSSR count). The standard InChI is InChI=1S/6C4H10OSi/c6*1-2-4-6-5-3-1/h6*1-4,6H2. The topological polar surface area (TPSA) is 55.4 Å². The van der Waals surface area contributed by atoms with E-state index in [1.807, 2.05) is 0 Å². The Hall–Kier alpha value is 1.06. The minimum atomic E-state index is 0.00849. The Morgan fingerprint density at radius 3 is 0.417 bits per heavy atom. The lowest BCUT2D eigenvalue weighted by Crippen LogP contribution is -2.06. The average Bonchev–Trinajstić information content (AvgIpc) is 3.04. The third-order valence-corrected chi connectivity index (χ3v) is 14.7. The summed E-state index contributed by atoms with van der Waals surface area (Å²) in [4.78, 5) is 0. The summed E-state index contributed by atoms with van der Waals surface area (Å²) < 4.78 is 31.2. The highest BCUT2D eigenvalue weighted by atomic mass is 28.2. The number of hydrogen-bond donors (Lipinski definition) is 0. The van der Waals surface area contributed by atoms with Crippen LogP contribution in [0.5, 0.6) is 0 Å². The maximum atomic E-state index is 5.21. The number of hydrogen-bond acceptors (Lipinski definition) is 6. The van der Waals surface area contributed by atoms with Crippen LogP contribution in [0.2, 0.25) is 36.3 Å². The van der Waals surface area contributed by atoms with Crippen LogP contribution >= 0.6 is 0 Å². The zero-order valence-corrected chi connectivity index (χ0v) is 32.1. The first-order valence-electron chi connectivity index (χ1n) is 15.5. The second kappa shape index (κ2) is 32.3. The van der Waals surface area contributed by atoms with E-state index in [9.17, 15) is 0 Å². The van der Waals surface area contributed by atoms with Crippen LogP contribution in [-0.2, 0) is 26.6 Å². The molecule has 0 aliphatic carbocycles. The Labute approximate surface area is 237 Å². The molecule has 0 bridgehead atoms. The van der Waals surface area contributed by atoms with E-state index in [4.69, 9.17) is 26.6 Å². The Kier molecular flexibility index (Phi) is 31.5. The second-order valence-corrected chi connectivity index (χ2v) is 19.2. The fraction of sp³-hybridized carbons (Fsp3) is 1.00. The molecule has 6 aliphatic rings. The third kappa shape index (κ3) is 29.6. The summed E-state index contributed by atoms with van der Waals surface area (Å²) in [6, 6.07) is 8.50. The molecule has 0 aromatic rings. The molecule has 0 unspecified atom stereocenters. The highest BCUT2D eigenvalue weighted by Gasteiger charge is 1.99. The van der Waals surface area contributed by atoms with Crippen LogP contribution in [0.25, 0.3) is 0 Å². The van der Waals surface area contributed by atoms with Crippen molar-refractivity contribution in [3.63, 3.8) is 0 Å². The van der Waals surface area contributed by atoms with E-state index < -0.39 is 0 Å². The molecule has 0 saturated carbocycles. The lowest BCUT2D eigenvalue weighted by Gasteiger charge is -2.07. The first kappa shape index (κ1) is 35.1. The normalized spacial score (nSPS) is 28.0. The lowest BCUT2D eigenvalue weighted by molar-refractivity contribution is 0.304. The van der Waals surface area contributed by atoms with E-state index in [0.717, 1.165) is 39.6 Å². The van der Waals surface area contributed by atoms with E-state index in [-0.39, 0.29) is 58.6 Å². The summed E-state index contributed by atoms with van der Waals surface area (Å²) in [5, 5.41) is 0. The van der Waals surface area contributed by atoms with Crippen molar-refractivity contribution in [1.82, 2.24) is 0 Å². The van der Waals surface area contributed by atoms with E-state index >= 15 is 0 Å². The molecule has 12 heteroatoms. The smallest absolute Gasteiger partial charge is 0.161 e. The Bertz CT molecular complexity index is 231. The first-order valence-corrected chi connectivity index (χ1v) is 24.9. The molecule has 36 heavy (non-hydrogen) atoms. The summed E-state index contributed by atoms with van der Waals surface area (Å²) in [5.41, 5.74) is 0. The summed E-state index contributed by atoms with van der Waals surface area (Å²) >= 11 is 0. The van der Waals surface area contributed by atoms with Gasteiger partial charge in [0.05, 0.1) is 0 Å². The van der Waals surface area contributed by atoms with Crippen LogP contribution in [0, 0.1) is 0 Å². The van der Waals surface area contributed by atoms with Crippen LogP contribution in [0.1, 0.15) is 77.0 Å². The summed E-state index contributed by atoms with van der Waals surface area (Å²) in [7, 11) is 0.0509. The maximum absolute atomic E-state index is 5.21. The van der Waals surface area contributed by atoms with Gasteiger partial charge in [-0.25, -0.2) is 0 Å². The van der Waals surface area contributed by atoms with Gasteiger partial charge in [-0.2, -0.15) is 0 Å². The van der Waals surface area contributed by atoms with Gasteiger partial charge in [0.2, 0.25) is 0 Å². The monoisotopic (exact) mass is 612 g/mol. The molecule has 6 fully saturated rings. The predicted octanol–water partition coefficient (Wildman–Crippen LogP) is 1.79. The Balaban J connectivity index is 0.000000216. The summed E-state index contributed by atoms with van der Waals surface area (Å²) in [6.45, 7) is 6.37. The van der Waals surface area contributed by atoms with Crippen LogP contribution in [0.4, 0.5) is 0 Å². The van der Waals surface area contributed by atoms with E-state index in [0.29, 0.717) is 0 Å². The number of rotatable bonds is 0. The van der Waals surface area contributed by atoms with Gasteiger partial charge in [0.1, 0.15) is 0 Å². The fourth-order valence-electron chi connectivity index (χ4n) is 4.12. The zero-order chi connectivity index (χ0) is 25.5. The molecule has 0 amide bonds. The zero-order valence-electron chi connectivity index (χ0n) is 23.7. The molecule has 0 aromatic carbocycles. The molecule has 0 N–H and O–H groups in total. The minimum absolute atomic E-state index is 0.00849. The van der Waals surface area contributed by atoms with Gasteiger partial charge in [-0.1, -0.05) is 38.5 Å². The van der Waals surface area contributed by atoms with E-state index in [1.54, 1.807) is 0 Å². The van der Waals surface area contributed by atoms with Gasteiger partial charge in [0.15, 0.2) is 58.6 Å². The van der Waals surface area contributed by atoms with Crippen molar-refractivity contribution >= 4 is 58.6 Å². The minimum Gasteiger partial charge on any atom is -0.424 e. The van der Waals surface area contributed by atoms with Crippen LogP contribution in [0.3, 0.4) is 0 Å². The molecule has 0 atom stereocenters. The molecular formula is C24H60O6Si6. The summed E-state index contributed by atoms with van der Waals surface area (Å²) in [5.74, 6) is 0. The van der Waals surface area contributed by atoms with Gasteiger partial charge in [0, 0.05) is 39.6 Å². The van der Waals surface area contributed by atoms with E-state index in [1.165, 1.54) is 113 Å². The van der Waals surface area contributed by atoms with Crippen LogP contribution in [-0.4, -0.2) is 98.2 Å². The van der Waals surface area contributed by atoms with Crippen LogP contribution in [0.15, 0.2) is 0 Å². The second-order valence-electron chi connectivity index (χ2n) is 10.0. The van der Waals surface area contributed by atoms with Gasteiger partial charge in [-0.15, -0.1) is 0 Å². The molecule has 0 radical (unpaired) electrons. The molecule has 6 nitrogen and oxygen atoms in total. The van der Waals surface area contributed by atoms with Crippen molar-refractivity contribution in [1.29, 1.82) is 0 Å². The SMILES string of the molecule is C1CC[SiH2]OC1.C1CC[SiH2]OC1.C1CC[SiH2]OC1.C1CC[SiH2]OC1.C1CC[SiH2]OC1.C1CC[SiH2]OC1. The van der Waals surface area contributed by atoms with Gasteiger partial charge >= 0.3 is 0 Å². The third-order valence-electron chi connectivity index (χ3n) is 6.46. The molecular weight excluding hydrogens is 553 g/mol. The molecule has 0 spiro atoms. The van der Waals surface area contributed by atoms with Crippen molar-refractivity contribution in [2.75, 3.05) is 39.6 Å². The molecule has 6 heterocycles.